The summed E-state index contributed by atoms with van der Waals surface area (Å²) >= 11 is 0. The first kappa shape index (κ1) is 31.2. The number of benzene rings is 3. The van der Waals surface area contributed by atoms with Gasteiger partial charge in [-0.3, -0.25) is 4.31 Å². The lowest BCUT2D eigenvalue weighted by atomic mass is 9.71. The molecule has 0 atom stereocenters. The smallest absolute Gasteiger partial charge is 0.406 e. The summed E-state index contributed by atoms with van der Waals surface area (Å²) in [5.74, 6) is -0.748. The third kappa shape index (κ3) is 5.71. The number of aromatic nitrogens is 1. The molecule has 46 heavy (non-hydrogen) atoms. The molecule has 0 spiro atoms. The van der Waals surface area contributed by atoms with Crippen molar-refractivity contribution in [1.82, 2.24) is 4.98 Å². The largest absolute Gasteiger partial charge is 0.573 e. The van der Waals surface area contributed by atoms with Gasteiger partial charge in [-0.15, -0.1) is 13.2 Å². The molecule has 238 valence electrons. The number of rotatable bonds is 6. The molecule has 0 N–H and O–H groups in total. The summed E-state index contributed by atoms with van der Waals surface area (Å²) in [6, 6.07) is 19.3. The Hall–Kier alpha value is -4.77. The molecule has 0 unspecified atom stereocenters. The van der Waals surface area contributed by atoms with Gasteiger partial charge in [-0.05, 0) is 54.4 Å². The molecule has 2 heterocycles. The fraction of sp³-hybridized carbons (Fsp3) is 0.250. The van der Waals surface area contributed by atoms with Crippen molar-refractivity contribution < 1.29 is 39.5 Å². The fourth-order valence-electron chi connectivity index (χ4n) is 5.75. The van der Waals surface area contributed by atoms with E-state index in [0.29, 0.717) is 30.4 Å². The molecule has 1 aliphatic carbocycles. The maximum Gasteiger partial charge on any atom is 0.573 e. The van der Waals surface area contributed by atoms with E-state index in [1.807, 2.05) is 0 Å². The first-order valence-corrected chi connectivity index (χ1v) is 15.5. The molecule has 1 aromatic heterocycles. The van der Waals surface area contributed by atoms with Crippen LogP contribution < -0.4 is 13.9 Å². The van der Waals surface area contributed by atoms with E-state index >= 15 is 0 Å². The molecule has 0 amide bonds. The van der Waals surface area contributed by atoms with Crippen LogP contribution >= 0.6 is 0 Å². The van der Waals surface area contributed by atoms with Gasteiger partial charge >= 0.3 is 12.5 Å². The normalized spacial score (nSPS) is 16.0. The minimum Gasteiger partial charge on any atom is -0.406 e. The van der Waals surface area contributed by atoms with E-state index in [1.54, 1.807) is 48.5 Å². The van der Waals surface area contributed by atoms with Crippen molar-refractivity contribution in [3.8, 4) is 5.75 Å². The van der Waals surface area contributed by atoms with Gasteiger partial charge in [0.2, 0.25) is 0 Å². The number of hydrogen-bond donors (Lipinski definition) is 0. The monoisotopic (exact) mass is 658 g/mol. The van der Waals surface area contributed by atoms with E-state index in [1.165, 1.54) is 11.0 Å². The zero-order chi connectivity index (χ0) is 32.9. The predicted octanol–water partition coefficient (Wildman–Crippen LogP) is 8.34. The number of ether oxygens (including phenoxy) is 1. The highest BCUT2D eigenvalue weighted by molar-refractivity contribution is 7.92. The highest BCUT2D eigenvalue weighted by Gasteiger charge is 2.50. The Balaban J connectivity index is 1.60. The molecule has 1 saturated carbocycles. The number of anilines is 3. The second-order valence-electron chi connectivity index (χ2n) is 10.9. The lowest BCUT2D eigenvalue weighted by Crippen LogP contribution is -2.36. The van der Waals surface area contributed by atoms with Crippen molar-refractivity contribution in [2.45, 2.75) is 55.3 Å². The summed E-state index contributed by atoms with van der Waals surface area (Å²) in [4.78, 5) is 9.03. The third-order valence-corrected chi connectivity index (χ3v) is 9.86. The van der Waals surface area contributed by atoms with Crippen LogP contribution in [0.4, 0.5) is 43.5 Å². The van der Waals surface area contributed by atoms with Crippen LogP contribution in [0.5, 0.6) is 5.75 Å². The number of nitrogens with zero attached hydrogens (tertiary/aromatic N) is 4. The predicted molar refractivity (Wildman–Crippen MR) is 157 cm³/mol. The van der Waals surface area contributed by atoms with E-state index in [9.17, 15) is 34.8 Å². The Morgan fingerprint density at radius 2 is 1.59 bits per heavy atom. The van der Waals surface area contributed by atoms with Gasteiger partial charge in [-0.2, -0.15) is 13.2 Å². The second kappa shape index (κ2) is 11.2. The minimum atomic E-state index is -5.00. The molecule has 7 nitrogen and oxygen atoms in total. The Morgan fingerprint density at radius 1 is 0.891 bits per heavy atom. The van der Waals surface area contributed by atoms with Gasteiger partial charge in [0.15, 0.2) is 0 Å². The van der Waals surface area contributed by atoms with Crippen molar-refractivity contribution in [2.75, 3.05) is 9.21 Å². The summed E-state index contributed by atoms with van der Waals surface area (Å²) in [6.45, 7) is 7.60. The average Bonchev–Trinajstić information content (AvgIpc) is 3.12. The topological polar surface area (TPSA) is 67.1 Å². The Kier molecular flexibility index (Phi) is 7.63. The summed E-state index contributed by atoms with van der Waals surface area (Å²) in [5.41, 5.74) is -0.716. The van der Waals surface area contributed by atoms with Crippen LogP contribution in [0, 0.1) is 6.57 Å². The summed E-state index contributed by atoms with van der Waals surface area (Å²) in [7, 11) is -4.59. The van der Waals surface area contributed by atoms with Gasteiger partial charge in [0.1, 0.15) is 17.3 Å². The number of sulfonamides is 1. The third-order valence-electron chi connectivity index (χ3n) is 8.10. The van der Waals surface area contributed by atoms with E-state index in [0.717, 1.165) is 34.6 Å². The average molecular weight is 659 g/mol. The van der Waals surface area contributed by atoms with Gasteiger partial charge < -0.3 is 14.5 Å². The van der Waals surface area contributed by atoms with Gasteiger partial charge in [0.25, 0.3) is 15.6 Å². The zero-order valence-corrected chi connectivity index (χ0v) is 24.6. The molecule has 2 aliphatic rings. The van der Waals surface area contributed by atoms with Gasteiger partial charge in [-0.25, -0.2) is 20.0 Å². The van der Waals surface area contributed by atoms with Crippen LogP contribution in [-0.4, -0.2) is 19.8 Å². The minimum absolute atomic E-state index is 0.0149. The number of halogens is 6. The lowest BCUT2D eigenvalue weighted by molar-refractivity contribution is -0.274. The summed E-state index contributed by atoms with van der Waals surface area (Å²) < 4.78 is 114. The Labute approximate surface area is 260 Å². The van der Waals surface area contributed by atoms with Crippen molar-refractivity contribution in [2.24, 2.45) is 0 Å². The highest BCUT2D eigenvalue weighted by atomic mass is 32.2. The SMILES string of the molecule is [C-]#[N+]C1(c2cccc3c2N(S(=O)(=O)c2ccc(OC(F)(F)F)cc2)Cc2ccc(C(F)(F)F)nc2N3Cc2ccccc2)CCC1. The molecular weight excluding hydrogens is 634 g/mol. The van der Waals surface area contributed by atoms with Crippen LogP contribution in [0.25, 0.3) is 4.85 Å². The van der Waals surface area contributed by atoms with Crippen molar-refractivity contribution in [1.29, 1.82) is 0 Å². The van der Waals surface area contributed by atoms with Crippen molar-refractivity contribution in [3.63, 3.8) is 0 Å². The molecule has 3 aromatic carbocycles. The molecule has 14 heteroatoms. The molecule has 0 saturated heterocycles. The van der Waals surface area contributed by atoms with Crippen LogP contribution in [0.2, 0.25) is 0 Å². The number of para-hydroxylation sites is 1. The standard InChI is InChI=1S/C32H24F6N4O3S/c1-39-30(17-6-18-30)25-9-5-10-26-28(25)42(46(43,44)24-14-12-23(13-15-24)45-32(36,37)38)20-22-11-16-27(31(33,34)35)40-29(22)41(26)19-21-7-3-2-4-8-21/h2-5,7-16H,6,17-20H2. The molecule has 1 aliphatic heterocycles. The summed E-state index contributed by atoms with van der Waals surface area (Å²) in [6.07, 6.45) is -8.21. The quantitative estimate of drug-likeness (QED) is 0.154. The maximum absolute atomic E-state index is 14.4. The molecule has 1 fully saturated rings. The lowest BCUT2D eigenvalue weighted by Gasteiger charge is -2.36. The second-order valence-corrected chi connectivity index (χ2v) is 12.8. The molecule has 4 aromatic rings. The fourth-order valence-corrected chi connectivity index (χ4v) is 7.23. The molecule has 0 radical (unpaired) electrons. The molecule has 6 rings (SSSR count). The number of alkyl halides is 6. The maximum atomic E-state index is 14.4. The number of hydrogen-bond acceptors (Lipinski definition) is 5. The zero-order valence-electron chi connectivity index (χ0n) is 23.8. The van der Waals surface area contributed by atoms with Crippen LogP contribution in [-0.2, 0) is 34.8 Å². The van der Waals surface area contributed by atoms with E-state index < -0.39 is 46.1 Å². The highest BCUT2D eigenvalue weighted by Crippen LogP contribution is 2.54. The molecule has 0 bridgehead atoms. The van der Waals surface area contributed by atoms with Crippen molar-refractivity contribution >= 4 is 27.2 Å². The van der Waals surface area contributed by atoms with Crippen LogP contribution in [0.1, 0.15) is 41.6 Å². The van der Waals surface area contributed by atoms with Gasteiger partial charge in [0.05, 0.1) is 28.4 Å². The number of fused-ring (bicyclic) bond motifs is 2. The summed E-state index contributed by atoms with van der Waals surface area (Å²) in [5, 5.41) is 0. The van der Waals surface area contributed by atoms with Crippen LogP contribution in [0.3, 0.4) is 0 Å². The van der Waals surface area contributed by atoms with Gasteiger partial charge in [-0.1, -0.05) is 42.5 Å². The first-order valence-electron chi connectivity index (χ1n) is 14.0. The Morgan fingerprint density at radius 3 is 2.17 bits per heavy atom. The first-order chi connectivity index (χ1) is 21.7. The van der Waals surface area contributed by atoms with E-state index in [4.69, 9.17) is 6.57 Å². The van der Waals surface area contributed by atoms with E-state index in [2.05, 4.69) is 14.6 Å². The van der Waals surface area contributed by atoms with Gasteiger partial charge in [0, 0.05) is 24.9 Å². The number of pyridine rings is 1. The van der Waals surface area contributed by atoms with Crippen LogP contribution in [0.15, 0.2) is 89.8 Å². The molecular formula is C32H24F6N4O3S. The Bertz CT molecular complexity index is 1920. The van der Waals surface area contributed by atoms with Crippen molar-refractivity contribution in [3.05, 3.63) is 119 Å². The van der Waals surface area contributed by atoms with E-state index in [-0.39, 0.29) is 34.2 Å².